The summed E-state index contributed by atoms with van der Waals surface area (Å²) in [6.45, 7) is 0. The molecule has 0 fully saturated rings. The molecule has 100 valence electrons. The third kappa shape index (κ3) is 3.18. The van der Waals surface area contributed by atoms with Gasteiger partial charge >= 0.3 is 0 Å². The molecule has 2 rings (SSSR count). The number of anilines is 1. The summed E-state index contributed by atoms with van der Waals surface area (Å²) in [6.07, 6.45) is 0. The average molecular weight is 338 g/mol. The first-order valence-electron chi connectivity index (χ1n) is 5.18. The van der Waals surface area contributed by atoms with Crippen molar-refractivity contribution >= 4 is 52.2 Å². The first-order chi connectivity index (χ1) is 9.02. The van der Waals surface area contributed by atoms with Crippen LogP contribution in [0.15, 0.2) is 24.3 Å². The predicted octanol–water partition coefficient (Wildman–Crippen LogP) is 5.53. The Morgan fingerprint density at radius 1 is 1.05 bits per heavy atom. The molecule has 2 aromatic rings. The minimum Gasteiger partial charge on any atom is -0.436 e. The molecule has 0 amide bonds. The zero-order valence-corrected chi connectivity index (χ0v) is 12.7. The lowest BCUT2D eigenvalue weighted by atomic mass is 10.3. The van der Waals surface area contributed by atoms with E-state index in [9.17, 15) is 0 Å². The van der Waals surface area contributed by atoms with Gasteiger partial charge in [0.15, 0.2) is 0 Å². The third-order valence-corrected chi connectivity index (χ3v) is 3.62. The number of benzene rings is 1. The molecule has 7 heteroatoms. The summed E-state index contributed by atoms with van der Waals surface area (Å²) in [6, 6.07) is 6.58. The number of nitrogens with one attached hydrogen (secondary N) is 1. The van der Waals surface area contributed by atoms with E-state index in [4.69, 9.17) is 51.1 Å². The van der Waals surface area contributed by atoms with Crippen molar-refractivity contribution in [2.24, 2.45) is 0 Å². The summed E-state index contributed by atoms with van der Waals surface area (Å²) in [7, 11) is 1.69. The number of halogens is 4. The maximum Gasteiger partial charge on any atom is 0.240 e. The first-order valence-corrected chi connectivity index (χ1v) is 6.69. The first kappa shape index (κ1) is 14.5. The van der Waals surface area contributed by atoms with Crippen molar-refractivity contribution in [3.05, 3.63) is 44.4 Å². The van der Waals surface area contributed by atoms with Crippen molar-refractivity contribution < 1.29 is 4.74 Å². The zero-order chi connectivity index (χ0) is 14.0. The van der Waals surface area contributed by atoms with Crippen molar-refractivity contribution in [2.75, 3.05) is 12.4 Å². The molecule has 0 atom stereocenters. The number of hydrogen-bond donors (Lipinski definition) is 1. The highest BCUT2D eigenvalue weighted by atomic mass is 35.5. The maximum absolute atomic E-state index is 6.03. The lowest BCUT2D eigenvalue weighted by Crippen LogP contribution is -1.97. The number of pyridine rings is 1. The van der Waals surface area contributed by atoms with Crippen molar-refractivity contribution in [3.8, 4) is 11.6 Å². The van der Waals surface area contributed by atoms with Gasteiger partial charge in [-0.25, -0.2) is 0 Å². The highest BCUT2D eigenvalue weighted by Gasteiger charge is 2.13. The van der Waals surface area contributed by atoms with Gasteiger partial charge in [-0.3, -0.25) is 0 Å². The van der Waals surface area contributed by atoms with Gasteiger partial charge in [0, 0.05) is 7.05 Å². The molecule has 0 aliphatic heterocycles. The fraction of sp³-hybridized carbons (Fsp3) is 0.0833. The largest absolute Gasteiger partial charge is 0.436 e. The van der Waals surface area contributed by atoms with E-state index >= 15 is 0 Å². The van der Waals surface area contributed by atoms with Crippen LogP contribution in [0.1, 0.15) is 0 Å². The number of ether oxygens (including phenoxy) is 1. The smallest absolute Gasteiger partial charge is 0.240 e. The Hall–Kier alpha value is -0.870. The van der Waals surface area contributed by atoms with Crippen LogP contribution in [0.2, 0.25) is 20.1 Å². The van der Waals surface area contributed by atoms with E-state index in [1.807, 2.05) is 0 Å². The van der Waals surface area contributed by atoms with Gasteiger partial charge in [0.05, 0.1) is 10.0 Å². The Kier molecular flexibility index (Phi) is 4.63. The minimum atomic E-state index is 0.194. The summed E-state index contributed by atoms with van der Waals surface area (Å²) in [4.78, 5) is 4.16. The Balaban J connectivity index is 2.41. The van der Waals surface area contributed by atoms with Crippen LogP contribution < -0.4 is 10.1 Å². The van der Waals surface area contributed by atoms with E-state index in [0.717, 1.165) is 0 Å². The van der Waals surface area contributed by atoms with Gasteiger partial charge in [0.1, 0.15) is 21.6 Å². The second-order valence-electron chi connectivity index (χ2n) is 3.51. The Bertz CT molecular complexity index is 619. The van der Waals surface area contributed by atoms with Gasteiger partial charge in [-0.2, -0.15) is 4.98 Å². The van der Waals surface area contributed by atoms with Crippen LogP contribution in [0.25, 0.3) is 0 Å². The van der Waals surface area contributed by atoms with Crippen LogP contribution in [-0.2, 0) is 0 Å². The average Bonchev–Trinajstić information content (AvgIpc) is 2.38. The van der Waals surface area contributed by atoms with E-state index in [2.05, 4.69) is 10.3 Å². The lowest BCUT2D eigenvalue weighted by molar-refractivity contribution is 0.464. The monoisotopic (exact) mass is 336 g/mol. The maximum atomic E-state index is 6.03. The molecule has 0 radical (unpaired) electrons. The third-order valence-electron chi connectivity index (χ3n) is 2.26. The van der Waals surface area contributed by atoms with Gasteiger partial charge < -0.3 is 10.1 Å². The topological polar surface area (TPSA) is 34.2 Å². The molecule has 1 aromatic heterocycles. The second-order valence-corrected chi connectivity index (χ2v) is 5.11. The zero-order valence-electron chi connectivity index (χ0n) is 9.68. The molecule has 0 saturated carbocycles. The predicted molar refractivity (Wildman–Crippen MR) is 80.3 cm³/mol. The molecule has 19 heavy (non-hydrogen) atoms. The summed E-state index contributed by atoms with van der Waals surface area (Å²) >= 11 is 23.9. The molecule has 0 spiro atoms. The van der Waals surface area contributed by atoms with Gasteiger partial charge in [-0.15, -0.1) is 0 Å². The standard InChI is InChI=1S/C12H8Cl4N2O/c1-17-11-7(14)5-8(15)12(18-11)19-9-4-2-3-6(13)10(9)16/h2-5H,1H3,(H,17,18). The molecular formula is C12H8Cl4N2O. The second kappa shape index (κ2) is 6.06. The molecular weight excluding hydrogens is 330 g/mol. The Morgan fingerprint density at radius 2 is 1.79 bits per heavy atom. The van der Waals surface area contributed by atoms with Crippen LogP contribution >= 0.6 is 46.4 Å². The van der Waals surface area contributed by atoms with Crippen LogP contribution in [0.5, 0.6) is 11.6 Å². The number of hydrogen-bond acceptors (Lipinski definition) is 3. The SMILES string of the molecule is CNc1nc(Oc2cccc(Cl)c2Cl)c(Cl)cc1Cl. The fourth-order valence-electron chi connectivity index (χ4n) is 1.36. The molecule has 0 saturated heterocycles. The van der Waals surface area contributed by atoms with E-state index in [1.165, 1.54) is 6.07 Å². The highest BCUT2D eigenvalue weighted by Crippen LogP contribution is 2.38. The van der Waals surface area contributed by atoms with Gasteiger partial charge in [-0.1, -0.05) is 52.5 Å². The number of rotatable bonds is 3. The highest BCUT2D eigenvalue weighted by molar-refractivity contribution is 6.43. The van der Waals surface area contributed by atoms with Gasteiger partial charge in [0.2, 0.25) is 5.88 Å². The molecule has 0 aliphatic carbocycles. The summed E-state index contributed by atoms with van der Waals surface area (Å²) in [5, 5.41) is 4.19. The molecule has 0 unspecified atom stereocenters. The molecule has 1 N–H and O–H groups in total. The van der Waals surface area contributed by atoms with Crippen molar-refractivity contribution in [3.63, 3.8) is 0 Å². The molecule has 3 nitrogen and oxygen atoms in total. The van der Waals surface area contributed by atoms with Crippen LogP contribution in [0.4, 0.5) is 5.82 Å². The summed E-state index contributed by atoms with van der Waals surface area (Å²) in [5.41, 5.74) is 0. The van der Waals surface area contributed by atoms with Crippen molar-refractivity contribution in [1.29, 1.82) is 0 Å². The van der Waals surface area contributed by atoms with E-state index in [1.54, 1.807) is 25.2 Å². The van der Waals surface area contributed by atoms with Gasteiger partial charge in [-0.05, 0) is 18.2 Å². The van der Waals surface area contributed by atoms with E-state index in [-0.39, 0.29) is 10.9 Å². The minimum absolute atomic E-state index is 0.194. The summed E-state index contributed by atoms with van der Waals surface area (Å²) in [5.74, 6) is 1.02. The summed E-state index contributed by atoms with van der Waals surface area (Å²) < 4.78 is 5.56. The lowest BCUT2D eigenvalue weighted by Gasteiger charge is -2.11. The molecule has 1 aromatic carbocycles. The van der Waals surface area contributed by atoms with Crippen LogP contribution in [-0.4, -0.2) is 12.0 Å². The van der Waals surface area contributed by atoms with Gasteiger partial charge in [0.25, 0.3) is 0 Å². The van der Waals surface area contributed by atoms with Crippen molar-refractivity contribution in [2.45, 2.75) is 0 Å². The molecule has 0 aliphatic rings. The van der Waals surface area contributed by atoms with E-state index in [0.29, 0.717) is 26.6 Å². The van der Waals surface area contributed by atoms with Crippen LogP contribution in [0, 0.1) is 0 Å². The molecule has 0 bridgehead atoms. The Labute approximate surface area is 130 Å². The number of nitrogens with zero attached hydrogens (tertiary/aromatic N) is 1. The number of aromatic nitrogens is 1. The van der Waals surface area contributed by atoms with E-state index < -0.39 is 0 Å². The van der Waals surface area contributed by atoms with Crippen molar-refractivity contribution in [1.82, 2.24) is 4.98 Å². The fourth-order valence-corrected chi connectivity index (χ4v) is 2.19. The Morgan fingerprint density at radius 3 is 2.47 bits per heavy atom. The molecule has 1 heterocycles. The normalized spacial score (nSPS) is 10.4. The quantitative estimate of drug-likeness (QED) is 0.799. The van der Waals surface area contributed by atoms with Crippen LogP contribution in [0.3, 0.4) is 0 Å².